The highest BCUT2D eigenvalue weighted by molar-refractivity contribution is 7.99. The van der Waals surface area contributed by atoms with Crippen LogP contribution >= 0.6 is 11.8 Å². The summed E-state index contributed by atoms with van der Waals surface area (Å²) in [5, 5.41) is 23.1. The van der Waals surface area contributed by atoms with Crippen molar-refractivity contribution in [2.75, 3.05) is 18.1 Å². The Balaban J connectivity index is 2.74. The molecule has 0 aliphatic rings. The highest BCUT2D eigenvalue weighted by Crippen LogP contribution is 2.27. The molecule has 1 aromatic rings. The summed E-state index contributed by atoms with van der Waals surface area (Å²) in [5.41, 5.74) is 7.32. The Labute approximate surface area is 93.3 Å². The largest absolute Gasteiger partial charge is 0.395 e. The minimum Gasteiger partial charge on any atom is -0.395 e. The lowest BCUT2D eigenvalue weighted by molar-refractivity contribution is 0.113. The lowest BCUT2D eigenvalue weighted by atomic mass is 10.4. The third-order valence-electron chi connectivity index (χ3n) is 2.05. The van der Waals surface area contributed by atoms with Gasteiger partial charge < -0.3 is 15.9 Å². The number of anilines is 1. The fourth-order valence-corrected chi connectivity index (χ4v) is 2.25. The van der Waals surface area contributed by atoms with Gasteiger partial charge in [-0.3, -0.25) is 4.68 Å². The molecule has 1 heterocycles. The summed E-state index contributed by atoms with van der Waals surface area (Å²) < 4.78 is 1.80. The van der Waals surface area contributed by atoms with Gasteiger partial charge in [0.15, 0.2) is 0 Å². The van der Waals surface area contributed by atoms with Crippen LogP contribution in [0.2, 0.25) is 0 Å². The van der Waals surface area contributed by atoms with Crippen molar-refractivity contribution >= 4 is 17.4 Å². The molecule has 4 N–H and O–H groups in total. The van der Waals surface area contributed by atoms with E-state index >= 15 is 0 Å². The summed E-state index contributed by atoms with van der Waals surface area (Å²) in [4.78, 5) is 0. The third-order valence-corrected chi connectivity index (χ3v) is 3.30. The van der Waals surface area contributed by atoms with Gasteiger partial charge in [-0.25, -0.2) is 0 Å². The molecule has 0 amide bonds. The zero-order valence-corrected chi connectivity index (χ0v) is 9.79. The van der Waals surface area contributed by atoms with Gasteiger partial charge in [-0.15, -0.1) is 11.8 Å². The van der Waals surface area contributed by atoms with E-state index in [1.54, 1.807) is 4.68 Å². The standard InChI is InChI=1S/C9H17N3O2S/c1-3-12-9(8(10)6(2)11-12)15-5-7(14)4-13/h7,13-14H,3-5,10H2,1-2H3. The zero-order valence-electron chi connectivity index (χ0n) is 8.97. The molecule has 0 aromatic carbocycles. The molecule has 0 aliphatic carbocycles. The van der Waals surface area contributed by atoms with Crippen molar-refractivity contribution in [1.82, 2.24) is 9.78 Å². The van der Waals surface area contributed by atoms with Gasteiger partial charge in [0.2, 0.25) is 0 Å². The molecule has 0 saturated carbocycles. The molecule has 6 heteroatoms. The summed E-state index contributed by atoms with van der Waals surface area (Å²) in [5.74, 6) is 0.422. The van der Waals surface area contributed by atoms with E-state index in [1.807, 2.05) is 13.8 Å². The van der Waals surface area contributed by atoms with E-state index in [1.165, 1.54) is 11.8 Å². The molecule has 0 fully saturated rings. The van der Waals surface area contributed by atoms with Gasteiger partial charge in [0.1, 0.15) is 5.03 Å². The van der Waals surface area contributed by atoms with Crippen LogP contribution in [-0.4, -0.2) is 38.5 Å². The van der Waals surface area contributed by atoms with Gasteiger partial charge in [0.05, 0.1) is 24.1 Å². The van der Waals surface area contributed by atoms with Crippen molar-refractivity contribution < 1.29 is 10.2 Å². The van der Waals surface area contributed by atoms with Gasteiger partial charge in [0, 0.05) is 12.3 Å². The van der Waals surface area contributed by atoms with Crippen molar-refractivity contribution in [3.8, 4) is 0 Å². The number of aliphatic hydroxyl groups is 2. The molecule has 1 unspecified atom stereocenters. The Morgan fingerprint density at radius 2 is 2.27 bits per heavy atom. The number of nitrogens with two attached hydrogens (primary N) is 1. The number of rotatable bonds is 5. The van der Waals surface area contributed by atoms with E-state index < -0.39 is 6.10 Å². The molecule has 0 spiro atoms. The molecule has 0 bridgehead atoms. The van der Waals surface area contributed by atoms with Crippen LogP contribution in [-0.2, 0) is 6.54 Å². The molecule has 86 valence electrons. The van der Waals surface area contributed by atoms with Crippen LogP contribution < -0.4 is 5.73 Å². The van der Waals surface area contributed by atoms with Crippen LogP contribution in [0.15, 0.2) is 5.03 Å². The molecule has 0 saturated heterocycles. The lowest BCUT2D eigenvalue weighted by Gasteiger charge is -2.08. The van der Waals surface area contributed by atoms with Crippen LogP contribution in [0.4, 0.5) is 5.69 Å². The second-order valence-electron chi connectivity index (χ2n) is 3.27. The van der Waals surface area contributed by atoms with Crippen LogP contribution in [0, 0.1) is 6.92 Å². The number of nitrogen functional groups attached to an aromatic ring is 1. The predicted molar refractivity (Wildman–Crippen MR) is 60.9 cm³/mol. The highest BCUT2D eigenvalue weighted by Gasteiger charge is 2.13. The van der Waals surface area contributed by atoms with E-state index in [9.17, 15) is 5.11 Å². The SMILES string of the molecule is CCn1nc(C)c(N)c1SCC(O)CO. The number of hydrogen-bond acceptors (Lipinski definition) is 5. The maximum absolute atomic E-state index is 9.24. The first-order valence-electron chi connectivity index (χ1n) is 4.84. The number of aliphatic hydroxyl groups excluding tert-OH is 2. The molecule has 1 aromatic heterocycles. The van der Waals surface area contributed by atoms with Crippen LogP contribution in [0.5, 0.6) is 0 Å². The predicted octanol–water partition coefficient (Wildman–Crippen LogP) is 0.239. The Morgan fingerprint density at radius 1 is 1.60 bits per heavy atom. The number of hydrogen-bond donors (Lipinski definition) is 3. The quantitative estimate of drug-likeness (QED) is 0.632. The van der Waals surface area contributed by atoms with Crippen molar-refractivity contribution in [3.63, 3.8) is 0 Å². The Bertz CT molecular complexity index is 327. The minimum absolute atomic E-state index is 0.230. The molecule has 1 atom stereocenters. The van der Waals surface area contributed by atoms with Crippen molar-refractivity contribution in [1.29, 1.82) is 0 Å². The first-order valence-corrected chi connectivity index (χ1v) is 5.83. The Kier molecular flexibility index (Phi) is 4.44. The fourth-order valence-electron chi connectivity index (χ4n) is 1.17. The molecule has 1 rings (SSSR count). The normalized spacial score (nSPS) is 13.1. The number of nitrogens with zero attached hydrogens (tertiary/aromatic N) is 2. The topological polar surface area (TPSA) is 84.3 Å². The molecule has 5 nitrogen and oxygen atoms in total. The van der Waals surface area contributed by atoms with Crippen LogP contribution in [0.1, 0.15) is 12.6 Å². The smallest absolute Gasteiger partial charge is 0.117 e. The number of thioether (sulfide) groups is 1. The summed E-state index contributed by atoms with van der Waals surface area (Å²) >= 11 is 1.42. The molecular formula is C9H17N3O2S. The minimum atomic E-state index is -0.713. The average Bonchev–Trinajstić information content (AvgIpc) is 2.52. The zero-order chi connectivity index (χ0) is 11.4. The number of aromatic nitrogens is 2. The average molecular weight is 231 g/mol. The lowest BCUT2D eigenvalue weighted by Crippen LogP contribution is -2.15. The van der Waals surface area contributed by atoms with E-state index in [0.29, 0.717) is 11.4 Å². The van der Waals surface area contributed by atoms with E-state index in [0.717, 1.165) is 17.3 Å². The Hall–Kier alpha value is -0.720. The highest BCUT2D eigenvalue weighted by atomic mass is 32.2. The van der Waals surface area contributed by atoms with Crippen molar-refractivity contribution in [3.05, 3.63) is 5.69 Å². The first kappa shape index (κ1) is 12.4. The Morgan fingerprint density at radius 3 is 2.80 bits per heavy atom. The second kappa shape index (κ2) is 5.39. The van der Waals surface area contributed by atoms with Gasteiger partial charge in [0.25, 0.3) is 0 Å². The molecule has 0 aliphatic heterocycles. The monoisotopic (exact) mass is 231 g/mol. The second-order valence-corrected chi connectivity index (χ2v) is 4.28. The molecular weight excluding hydrogens is 214 g/mol. The van der Waals surface area contributed by atoms with Crippen LogP contribution in [0.3, 0.4) is 0 Å². The maximum atomic E-state index is 9.24. The van der Waals surface area contributed by atoms with Gasteiger partial charge in [-0.05, 0) is 13.8 Å². The van der Waals surface area contributed by atoms with Gasteiger partial charge in [-0.2, -0.15) is 5.10 Å². The maximum Gasteiger partial charge on any atom is 0.117 e. The summed E-state index contributed by atoms with van der Waals surface area (Å²) in [6, 6.07) is 0. The summed E-state index contributed by atoms with van der Waals surface area (Å²) in [6.07, 6.45) is -0.713. The van der Waals surface area contributed by atoms with Crippen molar-refractivity contribution in [2.24, 2.45) is 0 Å². The summed E-state index contributed by atoms with van der Waals surface area (Å²) in [7, 11) is 0. The van der Waals surface area contributed by atoms with Crippen molar-refractivity contribution in [2.45, 2.75) is 31.5 Å². The van der Waals surface area contributed by atoms with Gasteiger partial charge >= 0.3 is 0 Å². The molecule has 15 heavy (non-hydrogen) atoms. The first-order chi connectivity index (χ1) is 7.10. The molecule has 0 radical (unpaired) electrons. The van der Waals surface area contributed by atoms with E-state index in [4.69, 9.17) is 10.8 Å². The van der Waals surface area contributed by atoms with Gasteiger partial charge in [-0.1, -0.05) is 0 Å². The van der Waals surface area contributed by atoms with E-state index in [2.05, 4.69) is 5.10 Å². The van der Waals surface area contributed by atoms with E-state index in [-0.39, 0.29) is 6.61 Å². The third kappa shape index (κ3) is 2.87. The number of aryl methyl sites for hydroxylation is 2. The fraction of sp³-hybridized carbons (Fsp3) is 0.667. The van der Waals surface area contributed by atoms with Crippen LogP contribution in [0.25, 0.3) is 0 Å². The summed E-state index contributed by atoms with van der Waals surface area (Å²) in [6.45, 7) is 4.36.